The van der Waals surface area contributed by atoms with Crippen LogP contribution in [0.25, 0.3) is 16.4 Å². The second-order valence-electron chi connectivity index (χ2n) is 6.60. The number of nitrogens with one attached hydrogen (secondary N) is 1. The molecule has 3 heterocycles. The number of aromatic nitrogens is 3. The molecule has 1 atom stereocenters. The van der Waals surface area contributed by atoms with Crippen LogP contribution in [-0.2, 0) is 22.5 Å². The van der Waals surface area contributed by atoms with E-state index in [4.69, 9.17) is 4.74 Å². The van der Waals surface area contributed by atoms with Crippen LogP contribution in [0.3, 0.4) is 0 Å². The summed E-state index contributed by atoms with van der Waals surface area (Å²) in [5, 5.41) is 8.27. The van der Waals surface area contributed by atoms with Gasteiger partial charge in [-0.1, -0.05) is 25.1 Å². The van der Waals surface area contributed by atoms with Crippen molar-refractivity contribution in [3.05, 3.63) is 46.5 Å². The maximum absolute atomic E-state index is 12.8. The summed E-state index contributed by atoms with van der Waals surface area (Å²) in [5.74, 6) is 0.533. The monoisotopic (exact) mass is 354 g/mol. The summed E-state index contributed by atoms with van der Waals surface area (Å²) >= 11 is 0. The third-order valence-corrected chi connectivity index (χ3v) is 4.82. The fraction of sp³-hybridized carbons (Fsp3) is 0.421. The van der Waals surface area contributed by atoms with Gasteiger partial charge in [-0.25, -0.2) is 4.68 Å². The number of hydrogen-bond donors (Lipinski definition) is 1. The molecule has 7 heteroatoms. The molecule has 1 aliphatic heterocycles. The largest absolute Gasteiger partial charge is 0.376 e. The smallest absolute Gasteiger partial charge is 0.291 e. The van der Waals surface area contributed by atoms with E-state index >= 15 is 0 Å². The predicted molar refractivity (Wildman–Crippen MR) is 98.3 cm³/mol. The van der Waals surface area contributed by atoms with Gasteiger partial charge >= 0.3 is 0 Å². The number of ether oxygens (including phenoxy) is 1. The highest BCUT2D eigenvalue weighted by Gasteiger charge is 2.18. The van der Waals surface area contributed by atoms with E-state index in [2.05, 4.69) is 10.4 Å². The standard InChI is InChI=1S/C19H22N4O3/c1-2-17-21-22(12-18(24)20-11-14-7-5-9-26-14)19(25)16-10-13-6-3-4-8-15(13)23(16)17/h3-4,6,8,10,14H,2,5,7,9,11-12H2,1H3,(H,20,24). The number of carbonyl (C=O) groups excluding carboxylic acids is 1. The molecule has 0 spiro atoms. The van der Waals surface area contributed by atoms with Crippen molar-refractivity contribution in [2.24, 2.45) is 0 Å². The number of benzene rings is 1. The van der Waals surface area contributed by atoms with Gasteiger partial charge in [0.05, 0.1) is 11.6 Å². The third-order valence-electron chi connectivity index (χ3n) is 4.82. The average Bonchev–Trinajstić information content (AvgIpc) is 3.30. The van der Waals surface area contributed by atoms with Crippen LogP contribution in [-0.4, -0.2) is 39.3 Å². The lowest BCUT2D eigenvalue weighted by atomic mass is 10.2. The lowest BCUT2D eigenvalue weighted by Gasteiger charge is -2.12. The van der Waals surface area contributed by atoms with Gasteiger partial charge in [-0.2, -0.15) is 5.10 Å². The van der Waals surface area contributed by atoms with E-state index in [1.165, 1.54) is 4.68 Å². The number of hydrogen-bond acceptors (Lipinski definition) is 4. The van der Waals surface area contributed by atoms with Crippen LogP contribution in [0.2, 0.25) is 0 Å². The molecule has 136 valence electrons. The zero-order valence-electron chi connectivity index (χ0n) is 14.8. The normalized spacial score (nSPS) is 17.2. The van der Waals surface area contributed by atoms with Crippen LogP contribution in [0.1, 0.15) is 25.6 Å². The summed E-state index contributed by atoms with van der Waals surface area (Å²) in [6, 6.07) is 9.69. The quantitative estimate of drug-likeness (QED) is 0.753. The molecule has 0 aliphatic carbocycles. The summed E-state index contributed by atoms with van der Waals surface area (Å²) in [6.45, 7) is 3.13. The average molecular weight is 354 g/mol. The van der Waals surface area contributed by atoms with E-state index in [-0.39, 0.29) is 24.1 Å². The molecule has 1 unspecified atom stereocenters. The first-order chi connectivity index (χ1) is 12.7. The van der Waals surface area contributed by atoms with Crippen molar-refractivity contribution in [3.63, 3.8) is 0 Å². The second kappa shape index (κ2) is 6.92. The molecule has 0 saturated carbocycles. The number of para-hydroxylation sites is 1. The summed E-state index contributed by atoms with van der Waals surface area (Å²) in [7, 11) is 0. The van der Waals surface area contributed by atoms with E-state index in [1.807, 2.05) is 41.7 Å². The third kappa shape index (κ3) is 2.99. The van der Waals surface area contributed by atoms with E-state index in [9.17, 15) is 9.59 Å². The molecule has 0 bridgehead atoms. The Balaban J connectivity index is 1.64. The Morgan fingerprint density at radius 2 is 2.19 bits per heavy atom. The molecule has 4 rings (SSSR count). The summed E-state index contributed by atoms with van der Waals surface area (Å²) in [5.41, 5.74) is 1.24. The Morgan fingerprint density at radius 3 is 2.96 bits per heavy atom. The van der Waals surface area contributed by atoms with Crippen LogP contribution in [0.5, 0.6) is 0 Å². The zero-order valence-corrected chi connectivity index (χ0v) is 14.8. The molecule has 1 aliphatic rings. The molecule has 1 amide bonds. The van der Waals surface area contributed by atoms with E-state index < -0.39 is 0 Å². The van der Waals surface area contributed by atoms with Gasteiger partial charge in [0, 0.05) is 25.0 Å². The van der Waals surface area contributed by atoms with E-state index in [0.29, 0.717) is 18.5 Å². The van der Waals surface area contributed by atoms with Crippen LogP contribution in [0, 0.1) is 0 Å². The molecule has 26 heavy (non-hydrogen) atoms. The Hall–Kier alpha value is -2.67. The minimum absolute atomic E-state index is 0.0771. The molecule has 3 aromatic rings. The fourth-order valence-corrected chi connectivity index (χ4v) is 3.51. The van der Waals surface area contributed by atoms with Gasteiger partial charge in [0.2, 0.25) is 5.91 Å². The SMILES string of the molecule is CCc1nn(CC(=O)NCC2CCCO2)c(=O)c2cc3ccccc3n12. The molecule has 1 fully saturated rings. The fourth-order valence-electron chi connectivity index (χ4n) is 3.51. The highest BCUT2D eigenvalue weighted by Crippen LogP contribution is 2.19. The summed E-state index contributed by atoms with van der Waals surface area (Å²) < 4.78 is 8.65. The van der Waals surface area contributed by atoms with Gasteiger partial charge in [0.25, 0.3) is 5.56 Å². The molecule has 2 aromatic heterocycles. The minimum atomic E-state index is -0.259. The highest BCUT2D eigenvalue weighted by molar-refractivity contribution is 5.87. The summed E-state index contributed by atoms with van der Waals surface area (Å²) in [4.78, 5) is 25.1. The molecule has 7 nitrogen and oxygen atoms in total. The lowest BCUT2D eigenvalue weighted by Crippen LogP contribution is -2.38. The van der Waals surface area contributed by atoms with Crippen molar-refractivity contribution < 1.29 is 9.53 Å². The van der Waals surface area contributed by atoms with Crippen molar-refractivity contribution in [1.82, 2.24) is 19.5 Å². The molecule has 1 aromatic carbocycles. The van der Waals surface area contributed by atoms with Crippen molar-refractivity contribution >= 4 is 22.3 Å². The predicted octanol–water partition coefficient (Wildman–Crippen LogP) is 1.51. The van der Waals surface area contributed by atoms with Gasteiger partial charge in [-0.05, 0) is 25.0 Å². The first-order valence-corrected chi connectivity index (χ1v) is 9.06. The number of aryl methyl sites for hydroxylation is 1. The summed E-state index contributed by atoms with van der Waals surface area (Å²) in [6.07, 6.45) is 2.72. The van der Waals surface area contributed by atoms with Crippen LogP contribution >= 0.6 is 0 Å². The first kappa shape index (κ1) is 16.8. The number of nitrogens with zero attached hydrogens (tertiary/aromatic N) is 3. The van der Waals surface area contributed by atoms with Gasteiger partial charge < -0.3 is 10.1 Å². The molecular formula is C19H22N4O3. The minimum Gasteiger partial charge on any atom is -0.376 e. The molecule has 0 radical (unpaired) electrons. The zero-order chi connectivity index (χ0) is 18.1. The maximum Gasteiger partial charge on any atom is 0.291 e. The Bertz CT molecular complexity index is 1010. The van der Waals surface area contributed by atoms with Crippen molar-refractivity contribution in [3.8, 4) is 0 Å². The van der Waals surface area contributed by atoms with Crippen molar-refractivity contribution in [1.29, 1.82) is 0 Å². The second-order valence-corrected chi connectivity index (χ2v) is 6.60. The lowest BCUT2D eigenvalue weighted by molar-refractivity contribution is -0.122. The van der Waals surface area contributed by atoms with Crippen molar-refractivity contribution in [2.45, 2.75) is 38.8 Å². The first-order valence-electron chi connectivity index (χ1n) is 9.06. The number of fused-ring (bicyclic) bond motifs is 3. The number of amides is 1. The van der Waals surface area contributed by atoms with Crippen LogP contribution < -0.4 is 10.9 Å². The van der Waals surface area contributed by atoms with E-state index in [1.54, 1.807) is 0 Å². The van der Waals surface area contributed by atoms with E-state index in [0.717, 1.165) is 36.2 Å². The Labute approximate surface area is 150 Å². The topological polar surface area (TPSA) is 77.6 Å². The Kier molecular flexibility index (Phi) is 4.46. The van der Waals surface area contributed by atoms with Gasteiger partial charge in [-0.15, -0.1) is 0 Å². The number of rotatable bonds is 5. The molecule has 1 saturated heterocycles. The van der Waals surface area contributed by atoms with Crippen LogP contribution in [0.15, 0.2) is 35.1 Å². The van der Waals surface area contributed by atoms with Gasteiger partial charge in [-0.3, -0.25) is 14.0 Å². The number of carbonyl (C=O) groups is 1. The van der Waals surface area contributed by atoms with Gasteiger partial charge in [0.15, 0.2) is 0 Å². The molecular weight excluding hydrogens is 332 g/mol. The highest BCUT2D eigenvalue weighted by atomic mass is 16.5. The maximum atomic E-state index is 12.8. The Morgan fingerprint density at radius 1 is 1.35 bits per heavy atom. The molecule has 1 N–H and O–H groups in total. The van der Waals surface area contributed by atoms with Crippen LogP contribution in [0.4, 0.5) is 0 Å². The van der Waals surface area contributed by atoms with Gasteiger partial charge in [0.1, 0.15) is 17.9 Å². The van der Waals surface area contributed by atoms with Crippen molar-refractivity contribution in [2.75, 3.05) is 13.2 Å².